The van der Waals surface area contributed by atoms with Crippen LogP contribution in [0.3, 0.4) is 0 Å². The maximum absolute atomic E-state index is 12.1. The van der Waals surface area contributed by atoms with Gasteiger partial charge in [-0.2, -0.15) is 0 Å². The van der Waals surface area contributed by atoms with E-state index < -0.39 is 17.5 Å². The van der Waals surface area contributed by atoms with E-state index >= 15 is 0 Å². The molecule has 1 heterocycles. The van der Waals surface area contributed by atoms with Gasteiger partial charge in [-0.1, -0.05) is 30.3 Å². The molecule has 0 unspecified atom stereocenters. The quantitative estimate of drug-likeness (QED) is 0.925. The van der Waals surface area contributed by atoms with Crippen LogP contribution in [0.4, 0.5) is 4.79 Å². The molecule has 1 aliphatic rings. The van der Waals surface area contributed by atoms with Gasteiger partial charge in [0.25, 0.3) is 0 Å². The van der Waals surface area contributed by atoms with E-state index in [1.807, 2.05) is 51.1 Å². The van der Waals surface area contributed by atoms with E-state index in [-0.39, 0.29) is 12.0 Å². The van der Waals surface area contributed by atoms with Gasteiger partial charge < -0.3 is 14.7 Å². The van der Waals surface area contributed by atoms with E-state index in [0.717, 1.165) is 5.56 Å². The van der Waals surface area contributed by atoms with E-state index in [1.54, 1.807) is 4.90 Å². The lowest BCUT2D eigenvalue weighted by molar-refractivity contribution is -0.143. The Morgan fingerprint density at radius 2 is 1.96 bits per heavy atom. The van der Waals surface area contributed by atoms with Gasteiger partial charge in [-0.3, -0.25) is 4.79 Å². The molecule has 0 spiro atoms. The highest BCUT2D eigenvalue weighted by Gasteiger charge is 2.37. The first kappa shape index (κ1) is 17.3. The van der Waals surface area contributed by atoms with Crippen molar-refractivity contribution < 1.29 is 19.4 Å². The van der Waals surface area contributed by atoms with Crippen molar-refractivity contribution in [1.29, 1.82) is 0 Å². The summed E-state index contributed by atoms with van der Waals surface area (Å²) >= 11 is 0. The van der Waals surface area contributed by atoms with Gasteiger partial charge in [0, 0.05) is 13.1 Å². The van der Waals surface area contributed by atoms with E-state index in [4.69, 9.17) is 4.74 Å². The fourth-order valence-corrected chi connectivity index (χ4v) is 2.93. The summed E-state index contributed by atoms with van der Waals surface area (Å²) in [5, 5.41) is 9.57. The minimum Gasteiger partial charge on any atom is -0.481 e. The monoisotopic (exact) mass is 319 g/mol. The van der Waals surface area contributed by atoms with Crippen LogP contribution in [0, 0.1) is 11.8 Å². The van der Waals surface area contributed by atoms with Crippen LogP contribution in [0.1, 0.15) is 32.8 Å². The van der Waals surface area contributed by atoms with Crippen molar-refractivity contribution in [2.45, 2.75) is 39.2 Å². The predicted molar refractivity (Wildman–Crippen MR) is 87.2 cm³/mol. The molecule has 1 aromatic rings. The zero-order valence-corrected chi connectivity index (χ0v) is 14.0. The molecule has 1 aromatic carbocycles. The molecular formula is C18H25NO4. The van der Waals surface area contributed by atoms with Gasteiger partial charge in [-0.25, -0.2) is 4.79 Å². The second-order valence-electron chi connectivity index (χ2n) is 7.11. The Labute approximate surface area is 137 Å². The topological polar surface area (TPSA) is 66.8 Å². The first-order chi connectivity index (χ1) is 10.8. The molecule has 1 aliphatic heterocycles. The van der Waals surface area contributed by atoms with Crippen molar-refractivity contribution in [2.24, 2.45) is 11.8 Å². The number of hydrogen-bond acceptors (Lipinski definition) is 3. The molecule has 1 saturated heterocycles. The summed E-state index contributed by atoms with van der Waals surface area (Å²) in [6, 6.07) is 9.62. The third kappa shape index (κ3) is 4.98. The number of carboxylic acids is 1. The van der Waals surface area contributed by atoms with Crippen molar-refractivity contribution in [3.05, 3.63) is 35.9 Å². The zero-order chi connectivity index (χ0) is 17.0. The van der Waals surface area contributed by atoms with Crippen LogP contribution in [0.2, 0.25) is 0 Å². The first-order valence-corrected chi connectivity index (χ1v) is 8.01. The Kier molecular flexibility index (Phi) is 5.29. The molecule has 1 amide bonds. The molecule has 1 N–H and O–H groups in total. The largest absolute Gasteiger partial charge is 0.481 e. The molecule has 1 fully saturated rings. The number of hydrogen-bond donors (Lipinski definition) is 1. The summed E-state index contributed by atoms with van der Waals surface area (Å²) in [5.74, 6) is -1.32. The Bertz CT molecular complexity index is 550. The van der Waals surface area contributed by atoms with Gasteiger partial charge in [0.05, 0.1) is 5.92 Å². The summed E-state index contributed by atoms with van der Waals surface area (Å²) in [6.07, 6.45) is 0.829. The fraction of sp³-hybridized carbons (Fsp3) is 0.556. The number of nitrogens with zero attached hydrogens (tertiary/aromatic N) is 1. The number of amides is 1. The highest BCUT2D eigenvalue weighted by atomic mass is 16.6. The van der Waals surface area contributed by atoms with Gasteiger partial charge in [0.2, 0.25) is 0 Å². The Morgan fingerprint density at radius 1 is 1.30 bits per heavy atom. The van der Waals surface area contributed by atoms with Crippen LogP contribution in [-0.2, 0) is 16.0 Å². The molecule has 2 rings (SSSR count). The molecule has 0 aliphatic carbocycles. The lowest BCUT2D eigenvalue weighted by Crippen LogP contribution is -2.36. The number of rotatable bonds is 4. The van der Waals surface area contributed by atoms with Gasteiger partial charge in [0.15, 0.2) is 0 Å². The second-order valence-corrected chi connectivity index (χ2v) is 7.11. The molecule has 0 bridgehead atoms. The molecule has 23 heavy (non-hydrogen) atoms. The molecule has 126 valence electrons. The summed E-state index contributed by atoms with van der Waals surface area (Å²) in [6.45, 7) is 6.48. The molecule has 5 nitrogen and oxygen atoms in total. The number of carbonyl (C=O) groups is 2. The van der Waals surface area contributed by atoms with Crippen LogP contribution >= 0.6 is 0 Å². The van der Waals surface area contributed by atoms with Crippen molar-refractivity contribution in [2.75, 3.05) is 13.1 Å². The highest BCUT2D eigenvalue weighted by Crippen LogP contribution is 2.28. The second kappa shape index (κ2) is 7.02. The van der Waals surface area contributed by atoms with Crippen LogP contribution < -0.4 is 0 Å². The SMILES string of the molecule is CC(C)(C)OC(=O)N1CC[C@H]([C@H](Cc2ccccc2)C(=O)O)C1. The molecule has 0 saturated carbocycles. The van der Waals surface area contributed by atoms with Crippen LogP contribution in [-0.4, -0.2) is 40.8 Å². The number of ether oxygens (including phenoxy) is 1. The Balaban J connectivity index is 1.99. The Morgan fingerprint density at radius 3 is 2.52 bits per heavy atom. The Hall–Kier alpha value is -2.04. The van der Waals surface area contributed by atoms with Gasteiger partial charge >= 0.3 is 12.1 Å². The minimum atomic E-state index is -0.801. The zero-order valence-electron chi connectivity index (χ0n) is 14.0. The third-order valence-electron chi connectivity index (χ3n) is 4.06. The molecular weight excluding hydrogens is 294 g/mol. The number of benzene rings is 1. The standard InChI is InChI=1S/C18H25NO4/c1-18(2,3)23-17(22)19-10-9-14(12-19)15(16(20)21)11-13-7-5-4-6-8-13/h4-8,14-15H,9-12H2,1-3H3,(H,20,21)/t14-,15-/m0/s1. The lowest BCUT2D eigenvalue weighted by atomic mass is 9.86. The van der Waals surface area contributed by atoms with Gasteiger partial charge in [-0.15, -0.1) is 0 Å². The number of carboxylic acid groups (broad SMARTS) is 1. The lowest BCUT2D eigenvalue weighted by Gasteiger charge is -2.25. The third-order valence-corrected chi connectivity index (χ3v) is 4.06. The van der Waals surface area contributed by atoms with E-state index in [2.05, 4.69) is 0 Å². The maximum Gasteiger partial charge on any atom is 0.410 e. The molecule has 0 aromatic heterocycles. The van der Waals surface area contributed by atoms with Crippen molar-refractivity contribution >= 4 is 12.1 Å². The highest BCUT2D eigenvalue weighted by molar-refractivity contribution is 5.72. The first-order valence-electron chi connectivity index (χ1n) is 8.01. The predicted octanol–water partition coefficient (Wildman–Crippen LogP) is 3.19. The number of carbonyl (C=O) groups excluding carboxylic acids is 1. The maximum atomic E-state index is 12.1. The molecule has 2 atom stereocenters. The van der Waals surface area contributed by atoms with Crippen LogP contribution in [0.15, 0.2) is 30.3 Å². The average molecular weight is 319 g/mol. The van der Waals surface area contributed by atoms with E-state index in [9.17, 15) is 14.7 Å². The smallest absolute Gasteiger partial charge is 0.410 e. The number of aliphatic carboxylic acids is 1. The van der Waals surface area contributed by atoms with E-state index in [0.29, 0.717) is 25.9 Å². The number of likely N-dealkylation sites (tertiary alicyclic amines) is 1. The summed E-state index contributed by atoms with van der Waals surface area (Å²) in [4.78, 5) is 25.4. The normalized spacial score (nSPS) is 19.4. The molecule has 5 heteroatoms. The minimum absolute atomic E-state index is 0.0415. The van der Waals surface area contributed by atoms with Gasteiger partial charge in [0.1, 0.15) is 5.60 Å². The average Bonchev–Trinajstić information content (AvgIpc) is 2.93. The van der Waals surface area contributed by atoms with E-state index in [1.165, 1.54) is 0 Å². The molecule has 0 radical (unpaired) electrons. The van der Waals surface area contributed by atoms with Crippen LogP contribution in [0.5, 0.6) is 0 Å². The summed E-state index contributed by atoms with van der Waals surface area (Å²) in [7, 11) is 0. The van der Waals surface area contributed by atoms with Crippen molar-refractivity contribution in [3.63, 3.8) is 0 Å². The fourth-order valence-electron chi connectivity index (χ4n) is 2.93. The van der Waals surface area contributed by atoms with Crippen LogP contribution in [0.25, 0.3) is 0 Å². The summed E-state index contributed by atoms with van der Waals surface area (Å²) in [5.41, 5.74) is 0.474. The van der Waals surface area contributed by atoms with Gasteiger partial charge in [-0.05, 0) is 45.1 Å². The van der Waals surface area contributed by atoms with Crippen molar-refractivity contribution in [1.82, 2.24) is 4.90 Å². The summed E-state index contributed by atoms with van der Waals surface area (Å²) < 4.78 is 5.37. The van der Waals surface area contributed by atoms with Crippen molar-refractivity contribution in [3.8, 4) is 0 Å².